The van der Waals surface area contributed by atoms with Crippen molar-refractivity contribution in [3.05, 3.63) is 35.9 Å². The van der Waals surface area contributed by atoms with E-state index in [-0.39, 0.29) is 11.8 Å². The third-order valence-electron chi connectivity index (χ3n) is 3.06. The Kier molecular flexibility index (Phi) is 7.33. The van der Waals surface area contributed by atoms with E-state index in [1.54, 1.807) is 14.2 Å². The summed E-state index contributed by atoms with van der Waals surface area (Å²) in [5.74, 6) is 0.125. The lowest BCUT2D eigenvalue weighted by molar-refractivity contribution is 0.0651. The molecule has 4 nitrogen and oxygen atoms in total. The second-order valence-electron chi connectivity index (χ2n) is 4.56. The van der Waals surface area contributed by atoms with Crippen LogP contribution in [0.3, 0.4) is 0 Å². The molecule has 0 amide bonds. The number of carbonyl (C=O) groups excluding carboxylic acids is 1. The fraction of sp³-hybridized carbons (Fsp3) is 0.533. The molecular weight excluding hydrogens is 242 g/mol. The van der Waals surface area contributed by atoms with E-state index in [9.17, 15) is 4.79 Å². The van der Waals surface area contributed by atoms with Crippen molar-refractivity contribution in [3.8, 4) is 0 Å². The zero-order chi connectivity index (χ0) is 14.1. The molecule has 0 N–H and O–H groups in total. The Morgan fingerprint density at radius 2 is 1.89 bits per heavy atom. The van der Waals surface area contributed by atoms with Gasteiger partial charge in [0.05, 0.1) is 19.8 Å². The molecule has 1 aromatic carbocycles. The number of hydrogen-bond donors (Lipinski definition) is 0. The smallest absolute Gasteiger partial charge is 0.176 e. The van der Waals surface area contributed by atoms with Crippen molar-refractivity contribution in [1.29, 1.82) is 0 Å². The number of rotatable bonds is 9. The Bertz CT molecular complexity index is 367. The van der Waals surface area contributed by atoms with Gasteiger partial charge in [-0.15, -0.1) is 0 Å². The van der Waals surface area contributed by atoms with E-state index < -0.39 is 0 Å². The summed E-state index contributed by atoms with van der Waals surface area (Å²) in [6.45, 7) is 4.37. The van der Waals surface area contributed by atoms with Gasteiger partial charge in [0.15, 0.2) is 5.78 Å². The Morgan fingerprint density at radius 1 is 1.21 bits per heavy atom. The molecule has 0 bridgehead atoms. The van der Waals surface area contributed by atoms with Crippen molar-refractivity contribution in [2.45, 2.75) is 13.0 Å². The number of methoxy groups -OCH3 is 2. The quantitative estimate of drug-likeness (QED) is 0.639. The molecule has 106 valence electrons. The minimum Gasteiger partial charge on any atom is -0.383 e. The molecule has 0 saturated carbocycles. The maximum atomic E-state index is 12.2. The molecule has 0 saturated heterocycles. The minimum absolute atomic E-state index is 0.125. The highest BCUT2D eigenvalue weighted by Gasteiger charge is 2.17. The van der Waals surface area contributed by atoms with Crippen LogP contribution in [0.2, 0.25) is 0 Å². The van der Waals surface area contributed by atoms with Crippen molar-refractivity contribution < 1.29 is 14.3 Å². The summed E-state index contributed by atoms with van der Waals surface area (Å²) in [6.07, 6.45) is 0. The summed E-state index contributed by atoms with van der Waals surface area (Å²) in [5.41, 5.74) is 0.745. The first-order chi connectivity index (χ1) is 9.19. The molecule has 1 unspecified atom stereocenters. The Balaban J connectivity index is 2.63. The fourth-order valence-electron chi connectivity index (χ4n) is 1.91. The molecule has 0 fully saturated rings. The highest BCUT2D eigenvalue weighted by atomic mass is 16.5. The van der Waals surface area contributed by atoms with Crippen LogP contribution in [0.4, 0.5) is 0 Å². The Labute approximate surface area is 115 Å². The van der Waals surface area contributed by atoms with Gasteiger partial charge >= 0.3 is 0 Å². The van der Waals surface area contributed by atoms with Crippen LogP contribution in [0, 0.1) is 0 Å². The highest BCUT2D eigenvalue weighted by Crippen LogP contribution is 2.05. The van der Waals surface area contributed by atoms with Crippen LogP contribution in [-0.4, -0.2) is 57.2 Å². The van der Waals surface area contributed by atoms with Crippen LogP contribution in [0.25, 0.3) is 0 Å². The molecule has 4 heteroatoms. The first kappa shape index (κ1) is 15.8. The molecule has 0 aromatic heterocycles. The number of nitrogens with zero attached hydrogens (tertiary/aromatic N) is 1. The van der Waals surface area contributed by atoms with Crippen LogP contribution in [0.5, 0.6) is 0 Å². The van der Waals surface area contributed by atoms with Crippen molar-refractivity contribution in [2.75, 3.05) is 40.5 Å². The largest absolute Gasteiger partial charge is 0.383 e. The minimum atomic E-state index is 0.125. The lowest BCUT2D eigenvalue weighted by Gasteiger charge is -2.27. The topological polar surface area (TPSA) is 38.8 Å². The van der Waals surface area contributed by atoms with Gasteiger partial charge in [0.1, 0.15) is 0 Å². The molecule has 0 aliphatic rings. The molecule has 1 aromatic rings. The monoisotopic (exact) mass is 265 g/mol. The second kappa shape index (κ2) is 8.80. The van der Waals surface area contributed by atoms with E-state index in [0.29, 0.717) is 19.8 Å². The summed E-state index contributed by atoms with van der Waals surface area (Å²) >= 11 is 0. The number of ether oxygens (including phenoxy) is 2. The van der Waals surface area contributed by atoms with Gasteiger partial charge in [0.2, 0.25) is 0 Å². The molecule has 0 aliphatic carbocycles. The summed E-state index contributed by atoms with van der Waals surface area (Å²) in [5, 5.41) is 0. The van der Waals surface area contributed by atoms with Crippen LogP contribution in [0.15, 0.2) is 30.3 Å². The van der Waals surface area contributed by atoms with Gasteiger partial charge in [-0.1, -0.05) is 30.3 Å². The second-order valence-corrected chi connectivity index (χ2v) is 4.56. The molecule has 1 rings (SSSR count). The third kappa shape index (κ3) is 5.51. The number of hydrogen-bond acceptors (Lipinski definition) is 4. The number of benzene rings is 1. The predicted octanol–water partition coefficient (Wildman–Crippen LogP) is 1.85. The van der Waals surface area contributed by atoms with Crippen LogP contribution in [0.1, 0.15) is 17.3 Å². The van der Waals surface area contributed by atoms with Gasteiger partial charge in [-0.2, -0.15) is 0 Å². The standard InChI is InChI=1S/C15H23NO3/c1-13(12-19-3)16(9-10-18-2)11-15(17)14-7-5-4-6-8-14/h4-8,13H,9-12H2,1-3H3. The van der Waals surface area contributed by atoms with E-state index in [1.807, 2.05) is 30.3 Å². The predicted molar refractivity (Wildman–Crippen MR) is 75.6 cm³/mol. The average molecular weight is 265 g/mol. The first-order valence-corrected chi connectivity index (χ1v) is 6.49. The molecule has 0 aliphatic heterocycles. The van der Waals surface area contributed by atoms with Gasteiger partial charge in [-0.3, -0.25) is 9.69 Å². The van der Waals surface area contributed by atoms with Gasteiger partial charge < -0.3 is 9.47 Å². The zero-order valence-corrected chi connectivity index (χ0v) is 12.0. The van der Waals surface area contributed by atoms with Gasteiger partial charge in [-0.25, -0.2) is 0 Å². The molecule has 0 heterocycles. The number of carbonyl (C=O) groups is 1. The van der Waals surface area contributed by atoms with E-state index in [1.165, 1.54) is 0 Å². The molecule has 19 heavy (non-hydrogen) atoms. The zero-order valence-electron chi connectivity index (χ0n) is 12.0. The van der Waals surface area contributed by atoms with E-state index in [0.717, 1.165) is 12.1 Å². The fourth-order valence-corrected chi connectivity index (χ4v) is 1.91. The number of ketones is 1. The summed E-state index contributed by atoms with van der Waals surface area (Å²) < 4.78 is 10.3. The summed E-state index contributed by atoms with van der Waals surface area (Å²) in [4.78, 5) is 14.3. The molecule has 0 spiro atoms. The molecule has 0 radical (unpaired) electrons. The SMILES string of the molecule is COCCN(CC(=O)c1ccccc1)C(C)COC. The lowest BCUT2D eigenvalue weighted by Crippen LogP contribution is -2.41. The molecule has 1 atom stereocenters. The van der Waals surface area contributed by atoms with Crippen LogP contribution >= 0.6 is 0 Å². The van der Waals surface area contributed by atoms with Gasteiger partial charge in [0, 0.05) is 32.4 Å². The summed E-state index contributed by atoms with van der Waals surface area (Å²) in [6, 6.07) is 9.55. The van der Waals surface area contributed by atoms with E-state index in [4.69, 9.17) is 9.47 Å². The Hall–Kier alpha value is -1.23. The van der Waals surface area contributed by atoms with Crippen molar-refractivity contribution in [1.82, 2.24) is 4.90 Å². The number of Topliss-reactive ketones (excluding diaryl/α,β-unsaturated/α-hetero) is 1. The average Bonchev–Trinajstić information content (AvgIpc) is 2.44. The van der Waals surface area contributed by atoms with Crippen molar-refractivity contribution in [2.24, 2.45) is 0 Å². The Morgan fingerprint density at radius 3 is 2.47 bits per heavy atom. The normalized spacial score (nSPS) is 12.6. The van der Waals surface area contributed by atoms with Crippen molar-refractivity contribution >= 4 is 5.78 Å². The van der Waals surface area contributed by atoms with E-state index in [2.05, 4.69) is 11.8 Å². The van der Waals surface area contributed by atoms with Crippen LogP contribution < -0.4 is 0 Å². The van der Waals surface area contributed by atoms with Crippen LogP contribution in [-0.2, 0) is 9.47 Å². The van der Waals surface area contributed by atoms with E-state index >= 15 is 0 Å². The highest BCUT2D eigenvalue weighted by molar-refractivity contribution is 5.97. The maximum Gasteiger partial charge on any atom is 0.176 e. The van der Waals surface area contributed by atoms with Gasteiger partial charge in [0.25, 0.3) is 0 Å². The lowest BCUT2D eigenvalue weighted by atomic mass is 10.1. The summed E-state index contributed by atoms with van der Waals surface area (Å²) in [7, 11) is 3.34. The molecular formula is C15H23NO3. The van der Waals surface area contributed by atoms with Crippen molar-refractivity contribution in [3.63, 3.8) is 0 Å². The third-order valence-corrected chi connectivity index (χ3v) is 3.06. The van der Waals surface area contributed by atoms with Gasteiger partial charge in [-0.05, 0) is 6.92 Å². The maximum absolute atomic E-state index is 12.2. The first-order valence-electron chi connectivity index (χ1n) is 6.49.